The Morgan fingerprint density at radius 1 is 1.04 bits per heavy atom. The van der Waals surface area contributed by atoms with Crippen LogP contribution in [0.4, 0.5) is 13.2 Å². The number of Topliss-reactive ketones (excluding diaryl/α,β-unsaturated/α-hetero) is 1. The Labute approximate surface area is 148 Å². The van der Waals surface area contributed by atoms with E-state index in [1.54, 1.807) is 43.3 Å². The first-order valence-electron chi connectivity index (χ1n) is 7.20. The highest BCUT2D eigenvalue weighted by Gasteiger charge is 2.30. The zero-order chi connectivity index (χ0) is 18.6. The van der Waals surface area contributed by atoms with Crippen molar-refractivity contribution in [2.45, 2.75) is 6.18 Å². The summed E-state index contributed by atoms with van der Waals surface area (Å²) in [5.41, 5.74) is -0.726. The van der Waals surface area contributed by atoms with Gasteiger partial charge in [-0.3, -0.25) is 4.79 Å². The molecule has 0 atom stereocenters. The first-order chi connectivity index (χ1) is 11.7. The van der Waals surface area contributed by atoms with E-state index < -0.39 is 17.5 Å². The van der Waals surface area contributed by atoms with Gasteiger partial charge in [0.25, 0.3) is 0 Å². The first kappa shape index (κ1) is 18.9. The Hall–Kier alpha value is -2.47. The zero-order valence-corrected chi connectivity index (χ0v) is 14.2. The molecule has 0 saturated heterocycles. The number of hydrogen-bond donors (Lipinski definition) is 0. The number of carbonyl (C=O) groups excluding carboxylic acids is 1. The number of rotatable bonds is 5. The van der Waals surface area contributed by atoms with E-state index in [0.717, 1.165) is 24.3 Å². The van der Waals surface area contributed by atoms with Crippen molar-refractivity contribution in [2.24, 2.45) is 0 Å². The minimum absolute atomic E-state index is 0.0212. The average Bonchev–Trinajstić information content (AvgIpc) is 2.54. The molecule has 0 aliphatic carbocycles. The van der Waals surface area contributed by atoms with E-state index in [0.29, 0.717) is 10.8 Å². The van der Waals surface area contributed by atoms with E-state index >= 15 is 0 Å². The summed E-state index contributed by atoms with van der Waals surface area (Å²) in [6, 6.07) is 10.4. The molecule has 25 heavy (non-hydrogen) atoms. The Morgan fingerprint density at radius 2 is 1.60 bits per heavy atom. The number of ether oxygens (including phenoxy) is 1. The molecule has 0 amide bonds. The molecule has 2 aromatic rings. The molecule has 0 aromatic heterocycles. The van der Waals surface area contributed by atoms with Crippen LogP contribution in [0.3, 0.4) is 0 Å². The van der Waals surface area contributed by atoms with Gasteiger partial charge in [-0.15, -0.1) is 0 Å². The third-order valence-corrected chi connectivity index (χ3v) is 3.37. The highest BCUT2D eigenvalue weighted by Crippen LogP contribution is 2.29. The molecule has 0 bridgehead atoms. The topological polar surface area (TPSA) is 29.5 Å². The van der Waals surface area contributed by atoms with Crippen LogP contribution in [-0.4, -0.2) is 24.8 Å². The highest BCUT2D eigenvalue weighted by molar-refractivity contribution is 6.30. The van der Waals surface area contributed by atoms with Crippen molar-refractivity contribution in [1.82, 2.24) is 4.90 Å². The lowest BCUT2D eigenvalue weighted by Crippen LogP contribution is -2.15. The van der Waals surface area contributed by atoms with E-state index in [2.05, 4.69) is 0 Å². The number of nitrogens with zero attached hydrogens (tertiary/aromatic N) is 1. The Bertz CT molecular complexity index is 766. The van der Waals surface area contributed by atoms with Crippen molar-refractivity contribution in [3.63, 3.8) is 0 Å². The minimum Gasteiger partial charge on any atom is -0.452 e. The molecule has 2 aromatic carbocycles. The molecule has 0 N–H and O–H groups in total. The van der Waals surface area contributed by atoms with Gasteiger partial charge in [-0.2, -0.15) is 13.2 Å². The maximum absolute atomic E-state index is 12.6. The number of ketones is 1. The summed E-state index contributed by atoms with van der Waals surface area (Å²) >= 11 is 5.81. The molecule has 0 aliphatic heterocycles. The van der Waals surface area contributed by atoms with Crippen LogP contribution in [0.5, 0.6) is 5.75 Å². The lowest BCUT2D eigenvalue weighted by Gasteiger charge is -2.13. The summed E-state index contributed by atoms with van der Waals surface area (Å²) in [5.74, 6) is -0.165. The fourth-order valence-electron chi connectivity index (χ4n) is 1.95. The van der Waals surface area contributed by atoms with Gasteiger partial charge in [0.15, 0.2) is 5.76 Å². The van der Waals surface area contributed by atoms with E-state index in [1.807, 2.05) is 0 Å². The fourth-order valence-corrected chi connectivity index (χ4v) is 2.07. The summed E-state index contributed by atoms with van der Waals surface area (Å²) in [7, 11) is 3.40. The van der Waals surface area contributed by atoms with Gasteiger partial charge in [-0.1, -0.05) is 23.7 Å². The van der Waals surface area contributed by atoms with Gasteiger partial charge in [-0.05, 0) is 36.4 Å². The van der Waals surface area contributed by atoms with Crippen molar-refractivity contribution in [3.05, 3.63) is 76.6 Å². The normalized spacial score (nSPS) is 12.0. The molecule has 0 unspecified atom stereocenters. The van der Waals surface area contributed by atoms with Crippen LogP contribution < -0.4 is 4.74 Å². The molecule has 2 rings (SSSR count). The van der Waals surface area contributed by atoms with Gasteiger partial charge in [0.1, 0.15) is 5.75 Å². The standard InChI is InChI=1S/C18H15ClF3NO2/c1-23(2)11-16(25-15-9-7-14(19)8-10-15)17(24)12-3-5-13(6-4-12)18(20,21)22/h3-11H,1-2H3/b16-11+. The third-order valence-electron chi connectivity index (χ3n) is 3.12. The van der Waals surface area contributed by atoms with Crippen LogP contribution in [0, 0.1) is 0 Å². The number of hydrogen-bond acceptors (Lipinski definition) is 3. The predicted molar refractivity (Wildman–Crippen MR) is 89.6 cm³/mol. The average molecular weight is 370 g/mol. The second kappa shape index (κ2) is 7.61. The van der Waals surface area contributed by atoms with Crippen molar-refractivity contribution < 1.29 is 22.7 Å². The Morgan fingerprint density at radius 3 is 2.08 bits per heavy atom. The first-order valence-corrected chi connectivity index (χ1v) is 7.58. The summed E-state index contributed by atoms with van der Waals surface area (Å²) in [4.78, 5) is 14.2. The summed E-state index contributed by atoms with van der Waals surface area (Å²) in [6.45, 7) is 0. The zero-order valence-electron chi connectivity index (χ0n) is 13.5. The number of halogens is 4. The molecule has 0 saturated carbocycles. The molecular weight excluding hydrogens is 355 g/mol. The third kappa shape index (κ3) is 5.26. The fraction of sp³-hybridized carbons (Fsp3) is 0.167. The molecule has 132 valence electrons. The summed E-state index contributed by atoms with van der Waals surface area (Å²) < 4.78 is 43.5. The van der Waals surface area contributed by atoms with Crippen molar-refractivity contribution >= 4 is 17.4 Å². The van der Waals surface area contributed by atoms with Crippen LogP contribution in [0.15, 0.2) is 60.5 Å². The number of benzene rings is 2. The van der Waals surface area contributed by atoms with E-state index in [9.17, 15) is 18.0 Å². The summed E-state index contributed by atoms with van der Waals surface area (Å²) in [5, 5.41) is 0.513. The van der Waals surface area contributed by atoms with Gasteiger partial charge in [0.05, 0.1) is 5.56 Å². The van der Waals surface area contributed by atoms with Crippen LogP contribution in [-0.2, 0) is 6.18 Å². The largest absolute Gasteiger partial charge is 0.452 e. The molecular formula is C18H15ClF3NO2. The predicted octanol–water partition coefficient (Wildman–Crippen LogP) is 5.02. The monoisotopic (exact) mass is 369 g/mol. The van der Waals surface area contributed by atoms with Gasteiger partial charge in [0.2, 0.25) is 5.78 Å². The van der Waals surface area contributed by atoms with Crippen LogP contribution in [0.1, 0.15) is 15.9 Å². The lowest BCUT2D eigenvalue weighted by atomic mass is 10.1. The molecule has 3 nitrogen and oxygen atoms in total. The minimum atomic E-state index is -4.45. The molecule has 0 fully saturated rings. The van der Waals surface area contributed by atoms with Crippen molar-refractivity contribution in [2.75, 3.05) is 14.1 Å². The highest BCUT2D eigenvalue weighted by atomic mass is 35.5. The van der Waals surface area contributed by atoms with E-state index in [-0.39, 0.29) is 11.3 Å². The van der Waals surface area contributed by atoms with Crippen molar-refractivity contribution in [1.29, 1.82) is 0 Å². The van der Waals surface area contributed by atoms with Gasteiger partial charge in [-0.25, -0.2) is 0 Å². The van der Waals surface area contributed by atoms with Gasteiger partial charge in [0, 0.05) is 30.9 Å². The lowest BCUT2D eigenvalue weighted by molar-refractivity contribution is -0.137. The SMILES string of the molecule is CN(C)/C=C(/Oc1ccc(Cl)cc1)C(=O)c1ccc(C(F)(F)F)cc1. The molecule has 0 heterocycles. The molecule has 7 heteroatoms. The van der Waals surface area contributed by atoms with E-state index in [1.165, 1.54) is 6.20 Å². The number of allylic oxidation sites excluding steroid dienone is 1. The van der Waals surface area contributed by atoms with Crippen LogP contribution in [0.2, 0.25) is 5.02 Å². The van der Waals surface area contributed by atoms with Crippen LogP contribution in [0.25, 0.3) is 0 Å². The quantitative estimate of drug-likeness (QED) is 0.421. The van der Waals surface area contributed by atoms with Crippen molar-refractivity contribution in [3.8, 4) is 5.75 Å². The number of carbonyl (C=O) groups is 1. The summed E-state index contributed by atoms with van der Waals surface area (Å²) in [6.07, 6.45) is -3.00. The maximum atomic E-state index is 12.6. The van der Waals surface area contributed by atoms with Crippen LogP contribution >= 0.6 is 11.6 Å². The second-order valence-electron chi connectivity index (χ2n) is 5.42. The number of alkyl halides is 3. The molecule has 0 aliphatic rings. The van der Waals surface area contributed by atoms with Gasteiger partial charge < -0.3 is 9.64 Å². The molecule has 0 spiro atoms. The smallest absolute Gasteiger partial charge is 0.416 e. The van der Waals surface area contributed by atoms with E-state index in [4.69, 9.17) is 16.3 Å². The Balaban J connectivity index is 2.28. The maximum Gasteiger partial charge on any atom is 0.416 e. The molecule has 0 radical (unpaired) electrons. The Kier molecular flexibility index (Phi) is 5.74. The van der Waals surface area contributed by atoms with Gasteiger partial charge >= 0.3 is 6.18 Å². The second-order valence-corrected chi connectivity index (χ2v) is 5.85.